The van der Waals surface area contributed by atoms with Crippen molar-refractivity contribution in [3.63, 3.8) is 0 Å². The summed E-state index contributed by atoms with van der Waals surface area (Å²) in [6, 6.07) is 3.64. The summed E-state index contributed by atoms with van der Waals surface area (Å²) in [5, 5.41) is 8.86. The molecule has 0 N–H and O–H groups in total. The van der Waals surface area contributed by atoms with Crippen molar-refractivity contribution in [1.82, 2.24) is 0 Å². The number of ketones is 1. The SMILES string of the molecule is Cc1occc1C(=O)C(C#N)C(C)C. The highest BCUT2D eigenvalue weighted by Gasteiger charge is 2.25. The van der Waals surface area contributed by atoms with Crippen LogP contribution in [0.2, 0.25) is 0 Å². The molecule has 3 nitrogen and oxygen atoms in total. The maximum absolute atomic E-state index is 11.8. The van der Waals surface area contributed by atoms with Crippen LogP contribution in [0.3, 0.4) is 0 Å². The molecule has 74 valence electrons. The molecular weight excluding hydrogens is 178 g/mol. The lowest BCUT2D eigenvalue weighted by Gasteiger charge is -2.10. The van der Waals surface area contributed by atoms with Crippen molar-refractivity contribution in [2.45, 2.75) is 20.8 Å². The first-order valence-electron chi connectivity index (χ1n) is 4.55. The number of nitrogens with zero attached hydrogens (tertiary/aromatic N) is 1. The average Bonchev–Trinajstić information content (AvgIpc) is 2.51. The fourth-order valence-corrected chi connectivity index (χ4v) is 1.32. The second-order valence-electron chi connectivity index (χ2n) is 3.61. The highest BCUT2D eigenvalue weighted by molar-refractivity contribution is 6.00. The van der Waals surface area contributed by atoms with Gasteiger partial charge in [-0.05, 0) is 18.9 Å². The molecule has 1 unspecified atom stereocenters. The lowest BCUT2D eigenvalue weighted by Crippen LogP contribution is -2.18. The predicted molar refractivity (Wildman–Crippen MR) is 51.7 cm³/mol. The van der Waals surface area contributed by atoms with Crippen molar-refractivity contribution in [2.24, 2.45) is 11.8 Å². The van der Waals surface area contributed by atoms with E-state index in [9.17, 15) is 4.79 Å². The predicted octanol–water partition coefficient (Wildman–Crippen LogP) is 2.57. The van der Waals surface area contributed by atoms with E-state index in [0.717, 1.165) is 0 Å². The summed E-state index contributed by atoms with van der Waals surface area (Å²) >= 11 is 0. The van der Waals surface area contributed by atoms with E-state index in [4.69, 9.17) is 9.68 Å². The Balaban J connectivity index is 2.96. The Labute approximate surface area is 83.3 Å². The molecule has 1 rings (SSSR count). The largest absolute Gasteiger partial charge is 0.469 e. The molecule has 0 fully saturated rings. The summed E-state index contributed by atoms with van der Waals surface area (Å²) in [7, 11) is 0. The van der Waals surface area contributed by atoms with Crippen LogP contribution in [-0.2, 0) is 0 Å². The number of rotatable bonds is 3. The molecule has 1 heterocycles. The Morgan fingerprint density at radius 1 is 1.57 bits per heavy atom. The molecule has 1 atom stereocenters. The third-order valence-electron chi connectivity index (χ3n) is 2.21. The van der Waals surface area contributed by atoms with E-state index in [1.807, 2.05) is 19.9 Å². The number of carbonyl (C=O) groups is 1. The van der Waals surface area contributed by atoms with Crippen molar-refractivity contribution in [1.29, 1.82) is 5.26 Å². The second-order valence-corrected chi connectivity index (χ2v) is 3.61. The van der Waals surface area contributed by atoms with E-state index < -0.39 is 5.92 Å². The fourth-order valence-electron chi connectivity index (χ4n) is 1.32. The van der Waals surface area contributed by atoms with Crippen molar-refractivity contribution in [3.05, 3.63) is 23.7 Å². The monoisotopic (exact) mass is 191 g/mol. The first-order chi connectivity index (χ1) is 6.57. The minimum atomic E-state index is -0.578. The Bertz CT molecular complexity index is 371. The molecule has 14 heavy (non-hydrogen) atoms. The van der Waals surface area contributed by atoms with E-state index in [-0.39, 0.29) is 11.7 Å². The molecule has 1 aromatic rings. The maximum atomic E-state index is 11.8. The zero-order valence-electron chi connectivity index (χ0n) is 8.57. The van der Waals surface area contributed by atoms with Crippen LogP contribution < -0.4 is 0 Å². The summed E-state index contributed by atoms with van der Waals surface area (Å²) in [5.41, 5.74) is 0.519. The van der Waals surface area contributed by atoms with Crippen LogP contribution in [-0.4, -0.2) is 5.78 Å². The molecule has 0 aromatic carbocycles. The van der Waals surface area contributed by atoms with Gasteiger partial charge in [-0.3, -0.25) is 4.79 Å². The lowest BCUT2D eigenvalue weighted by molar-refractivity contribution is 0.0923. The summed E-state index contributed by atoms with van der Waals surface area (Å²) < 4.78 is 5.03. The topological polar surface area (TPSA) is 54.0 Å². The number of aryl methyl sites for hydroxylation is 1. The van der Waals surface area contributed by atoms with E-state index in [1.54, 1.807) is 13.0 Å². The highest BCUT2D eigenvalue weighted by atomic mass is 16.3. The number of Topliss-reactive ketones (excluding diaryl/α,β-unsaturated/α-hetero) is 1. The average molecular weight is 191 g/mol. The van der Waals surface area contributed by atoms with Crippen molar-refractivity contribution in [2.75, 3.05) is 0 Å². The highest BCUT2D eigenvalue weighted by Crippen LogP contribution is 2.19. The molecule has 0 amide bonds. The van der Waals surface area contributed by atoms with E-state index in [2.05, 4.69) is 0 Å². The van der Waals surface area contributed by atoms with Crippen LogP contribution in [0.1, 0.15) is 30.0 Å². The fraction of sp³-hybridized carbons (Fsp3) is 0.455. The number of furan rings is 1. The summed E-state index contributed by atoms with van der Waals surface area (Å²) in [5.74, 6) is -0.113. The third kappa shape index (κ3) is 1.85. The molecule has 0 saturated carbocycles. The zero-order valence-corrected chi connectivity index (χ0v) is 8.57. The zero-order chi connectivity index (χ0) is 10.7. The van der Waals surface area contributed by atoms with Gasteiger partial charge >= 0.3 is 0 Å². The van der Waals surface area contributed by atoms with Crippen LogP contribution in [0, 0.1) is 30.1 Å². The van der Waals surface area contributed by atoms with Gasteiger partial charge in [0.1, 0.15) is 11.7 Å². The lowest BCUT2D eigenvalue weighted by atomic mass is 9.89. The third-order valence-corrected chi connectivity index (χ3v) is 2.21. The number of nitriles is 1. The van der Waals surface area contributed by atoms with Crippen molar-refractivity contribution >= 4 is 5.78 Å². The van der Waals surface area contributed by atoms with E-state index >= 15 is 0 Å². The molecule has 0 aliphatic carbocycles. The normalized spacial score (nSPS) is 12.5. The first-order valence-corrected chi connectivity index (χ1v) is 4.55. The van der Waals surface area contributed by atoms with E-state index in [0.29, 0.717) is 11.3 Å². The molecule has 0 spiro atoms. The minimum Gasteiger partial charge on any atom is -0.469 e. The van der Waals surface area contributed by atoms with Crippen LogP contribution in [0.25, 0.3) is 0 Å². The van der Waals surface area contributed by atoms with Gasteiger partial charge in [-0.25, -0.2) is 0 Å². The Hall–Kier alpha value is -1.56. The number of hydrogen-bond acceptors (Lipinski definition) is 3. The standard InChI is InChI=1S/C11H13NO2/c1-7(2)10(6-12)11(13)9-4-5-14-8(9)3/h4-5,7,10H,1-3H3. The van der Waals surface area contributed by atoms with Gasteiger partial charge < -0.3 is 4.42 Å². The van der Waals surface area contributed by atoms with Crippen molar-refractivity contribution < 1.29 is 9.21 Å². The number of carbonyl (C=O) groups excluding carboxylic acids is 1. The minimum absolute atomic E-state index is 0.0294. The molecule has 0 aliphatic heterocycles. The Morgan fingerprint density at radius 3 is 2.57 bits per heavy atom. The summed E-state index contributed by atoms with van der Waals surface area (Å²) in [6.07, 6.45) is 1.47. The quantitative estimate of drug-likeness (QED) is 0.690. The smallest absolute Gasteiger partial charge is 0.183 e. The second kappa shape index (κ2) is 4.10. The van der Waals surface area contributed by atoms with Gasteiger partial charge in [0.15, 0.2) is 5.78 Å². The molecule has 0 bridgehead atoms. The molecule has 0 aliphatic rings. The van der Waals surface area contributed by atoms with Crippen molar-refractivity contribution in [3.8, 4) is 6.07 Å². The molecular formula is C11H13NO2. The van der Waals surface area contributed by atoms with Gasteiger partial charge in [-0.15, -0.1) is 0 Å². The van der Waals surface area contributed by atoms with E-state index in [1.165, 1.54) is 6.26 Å². The van der Waals surface area contributed by atoms with Gasteiger partial charge in [0.25, 0.3) is 0 Å². The Morgan fingerprint density at radius 2 is 2.21 bits per heavy atom. The van der Waals surface area contributed by atoms with Gasteiger partial charge in [0.05, 0.1) is 17.9 Å². The van der Waals surface area contributed by atoms with Gasteiger partial charge in [-0.1, -0.05) is 13.8 Å². The number of hydrogen-bond donors (Lipinski definition) is 0. The van der Waals surface area contributed by atoms with Crippen LogP contribution >= 0.6 is 0 Å². The first kappa shape index (κ1) is 10.5. The van der Waals surface area contributed by atoms with Crippen LogP contribution in [0.15, 0.2) is 16.7 Å². The van der Waals surface area contributed by atoms with Gasteiger partial charge in [0.2, 0.25) is 0 Å². The van der Waals surface area contributed by atoms with Gasteiger partial charge in [-0.2, -0.15) is 5.26 Å². The Kier molecular flexibility index (Phi) is 3.08. The summed E-state index contributed by atoms with van der Waals surface area (Å²) in [6.45, 7) is 5.45. The van der Waals surface area contributed by atoms with Gasteiger partial charge in [0, 0.05) is 0 Å². The molecule has 0 saturated heterocycles. The molecule has 3 heteroatoms. The maximum Gasteiger partial charge on any atom is 0.183 e. The van der Waals surface area contributed by atoms with Crippen LogP contribution in [0.4, 0.5) is 0 Å². The van der Waals surface area contributed by atoms with Crippen LogP contribution in [0.5, 0.6) is 0 Å². The summed E-state index contributed by atoms with van der Waals surface area (Å²) in [4.78, 5) is 11.8. The molecule has 1 aromatic heterocycles. The molecule has 0 radical (unpaired) electrons.